The summed E-state index contributed by atoms with van der Waals surface area (Å²) in [6.45, 7) is 4.19. The van der Waals surface area contributed by atoms with Crippen molar-refractivity contribution in [2.45, 2.75) is 20.5 Å². The van der Waals surface area contributed by atoms with Gasteiger partial charge in [-0.1, -0.05) is 24.3 Å². The monoisotopic (exact) mass is 358 g/mol. The third kappa shape index (κ3) is 2.92. The summed E-state index contributed by atoms with van der Waals surface area (Å²) in [5.41, 5.74) is 2.91. The maximum atomic E-state index is 12.0. The van der Waals surface area contributed by atoms with E-state index in [9.17, 15) is 4.79 Å². The van der Waals surface area contributed by atoms with Gasteiger partial charge in [0.1, 0.15) is 17.9 Å². The Morgan fingerprint density at radius 2 is 1.91 bits per heavy atom. The highest BCUT2D eigenvalue weighted by molar-refractivity contribution is 9.10. The van der Waals surface area contributed by atoms with E-state index < -0.39 is 0 Å². The van der Waals surface area contributed by atoms with Crippen molar-refractivity contribution in [1.82, 2.24) is 0 Å². The third-order valence-electron chi connectivity index (χ3n) is 3.46. The van der Waals surface area contributed by atoms with Crippen LogP contribution in [-0.4, -0.2) is 0 Å². The lowest BCUT2D eigenvalue weighted by atomic mass is 10.1. The van der Waals surface area contributed by atoms with Crippen LogP contribution in [0.1, 0.15) is 16.7 Å². The van der Waals surface area contributed by atoms with Gasteiger partial charge in [0, 0.05) is 5.39 Å². The Kier molecular flexibility index (Phi) is 4.03. The molecule has 2 aromatic carbocycles. The van der Waals surface area contributed by atoms with Crippen molar-refractivity contribution < 1.29 is 9.15 Å². The predicted molar refractivity (Wildman–Crippen MR) is 90.4 cm³/mol. The van der Waals surface area contributed by atoms with Crippen LogP contribution in [0.3, 0.4) is 0 Å². The number of benzene rings is 2. The number of hydrogen-bond donors (Lipinski definition) is 0. The average molecular weight is 359 g/mol. The summed E-state index contributed by atoms with van der Waals surface area (Å²) in [6.07, 6.45) is 0. The number of aryl methyl sites for hydroxylation is 2. The molecule has 0 radical (unpaired) electrons. The van der Waals surface area contributed by atoms with E-state index in [1.165, 1.54) is 0 Å². The lowest BCUT2D eigenvalue weighted by Gasteiger charge is -2.12. The minimum absolute atomic E-state index is 0.176. The molecule has 0 spiro atoms. The number of halogens is 1. The second-order valence-electron chi connectivity index (χ2n) is 5.28. The average Bonchev–Trinajstić information content (AvgIpc) is 2.46. The molecule has 0 saturated carbocycles. The molecule has 22 heavy (non-hydrogen) atoms. The Hall–Kier alpha value is -2.07. The van der Waals surface area contributed by atoms with Gasteiger partial charge in [0.25, 0.3) is 0 Å². The molecule has 3 nitrogen and oxygen atoms in total. The Labute approximate surface area is 136 Å². The molecule has 112 valence electrons. The zero-order valence-corrected chi connectivity index (χ0v) is 13.9. The van der Waals surface area contributed by atoms with Gasteiger partial charge in [0.15, 0.2) is 0 Å². The summed E-state index contributed by atoms with van der Waals surface area (Å²) >= 11 is 3.50. The number of ether oxygens (including phenoxy) is 1. The summed E-state index contributed by atoms with van der Waals surface area (Å²) in [5, 5.41) is 0.889. The number of rotatable bonds is 3. The Morgan fingerprint density at radius 1 is 1.14 bits per heavy atom. The van der Waals surface area contributed by atoms with Gasteiger partial charge in [-0.05, 0) is 59.1 Å². The van der Waals surface area contributed by atoms with Crippen molar-refractivity contribution in [3.8, 4) is 5.75 Å². The van der Waals surface area contributed by atoms with E-state index in [4.69, 9.17) is 9.15 Å². The molecule has 0 atom stereocenters. The van der Waals surface area contributed by atoms with E-state index in [1.807, 2.05) is 50.2 Å². The van der Waals surface area contributed by atoms with E-state index in [2.05, 4.69) is 15.9 Å². The molecule has 0 amide bonds. The lowest BCUT2D eigenvalue weighted by molar-refractivity contribution is 0.296. The van der Waals surface area contributed by atoms with Gasteiger partial charge < -0.3 is 9.15 Å². The second-order valence-corrected chi connectivity index (χ2v) is 6.13. The number of fused-ring (bicyclic) bond motifs is 1. The van der Waals surface area contributed by atoms with Crippen molar-refractivity contribution in [3.05, 3.63) is 74.0 Å². The molecule has 0 bridgehead atoms. The number of hydrogen-bond acceptors (Lipinski definition) is 3. The van der Waals surface area contributed by atoms with E-state index in [0.717, 1.165) is 26.7 Å². The molecule has 0 aliphatic carbocycles. The van der Waals surface area contributed by atoms with E-state index in [-0.39, 0.29) is 12.2 Å². The zero-order chi connectivity index (χ0) is 15.7. The fourth-order valence-corrected chi connectivity index (χ4v) is 3.23. The molecule has 0 N–H and O–H groups in total. The highest BCUT2D eigenvalue weighted by atomic mass is 79.9. The molecular weight excluding hydrogens is 344 g/mol. The van der Waals surface area contributed by atoms with Gasteiger partial charge in [-0.15, -0.1) is 0 Å². The molecular formula is C18H15BrO3. The molecule has 0 unspecified atom stereocenters. The fraction of sp³-hybridized carbons (Fsp3) is 0.167. The SMILES string of the molecule is Cc1cc(C)c(OCc2cc3ccccc3oc2=O)c(Br)c1. The van der Waals surface area contributed by atoms with Crippen molar-refractivity contribution in [3.63, 3.8) is 0 Å². The van der Waals surface area contributed by atoms with E-state index >= 15 is 0 Å². The third-order valence-corrected chi connectivity index (χ3v) is 4.05. The van der Waals surface area contributed by atoms with Crippen LogP contribution in [0.4, 0.5) is 0 Å². The molecule has 1 aromatic heterocycles. The fourth-order valence-electron chi connectivity index (χ4n) is 2.44. The van der Waals surface area contributed by atoms with E-state index in [0.29, 0.717) is 11.1 Å². The van der Waals surface area contributed by atoms with Gasteiger partial charge in [-0.25, -0.2) is 4.79 Å². The maximum Gasteiger partial charge on any atom is 0.342 e. The first kappa shape index (κ1) is 14.9. The Morgan fingerprint density at radius 3 is 2.68 bits per heavy atom. The van der Waals surface area contributed by atoms with Crippen molar-refractivity contribution >= 4 is 26.9 Å². The van der Waals surface area contributed by atoms with Crippen molar-refractivity contribution in [2.24, 2.45) is 0 Å². The van der Waals surface area contributed by atoms with Gasteiger partial charge in [0.2, 0.25) is 0 Å². The maximum absolute atomic E-state index is 12.0. The Balaban J connectivity index is 1.91. The molecule has 1 heterocycles. The van der Waals surface area contributed by atoms with Gasteiger partial charge >= 0.3 is 5.63 Å². The molecule has 3 aromatic rings. The molecule has 0 fully saturated rings. The quantitative estimate of drug-likeness (QED) is 0.634. The lowest BCUT2D eigenvalue weighted by Crippen LogP contribution is -2.10. The van der Waals surface area contributed by atoms with Gasteiger partial charge in [-0.2, -0.15) is 0 Å². The molecule has 0 saturated heterocycles. The minimum Gasteiger partial charge on any atom is -0.487 e. The normalized spacial score (nSPS) is 10.9. The standard InChI is InChI=1S/C18H15BrO3/c1-11-7-12(2)17(15(19)8-11)21-10-14-9-13-5-3-4-6-16(13)22-18(14)20/h3-9H,10H2,1-2H3. The first-order chi connectivity index (χ1) is 10.5. The van der Waals surface area contributed by atoms with Crippen LogP contribution < -0.4 is 10.4 Å². The first-order valence-corrected chi connectivity index (χ1v) is 7.75. The van der Waals surface area contributed by atoms with Crippen LogP contribution in [0.2, 0.25) is 0 Å². The summed E-state index contributed by atoms with van der Waals surface area (Å²) in [6, 6.07) is 13.3. The van der Waals surface area contributed by atoms with Gasteiger partial charge in [-0.3, -0.25) is 0 Å². The van der Waals surface area contributed by atoms with Crippen LogP contribution in [0, 0.1) is 13.8 Å². The van der Waals surface area contributed by atoms with Crippen LogP contribution in [-0.2, 0) is 6.61 Å². The second kappa shape index (κ2) is 5.97. The predicted octanol–water partition coefficient (Wildman–Crippen LogP) is 4.75. The first-order valence-electron chi connectivity index (χ1n) is 6.96. The summed E-state index contributed by atoms with van der Waals surface area (Å²) in [5.74, 6) is 0.748. The van der Waals surface area contributed by atoms with E-state index in [1.54, 1.807) is 6.07 Å². The van der Waals surface area contributed by atoms with Crippen LogP contribution >= 0.6 is 15.9 Å². The molecule has 0 aliphatic heterocycles. The molecule has 3 rings (SSSR count). The highest BCUT2D eigenvalue weighted by Crippen LogP contribution is 2.30. The minimum atomic E-state index is -0.361. The van der Waals surface area contributed by atoms with Gasteiger partial charge in [0.05, 0.1) is 10.0 Å². The summed E-state index contributed by atoms with van der Waals surface area (Å²) < 4.78 is 12.0. The van der Waals surface area contributed by atoms with Crippen LogP contribution in [0.25, 0.3) is 11.0 Å². The van der Waals surface area contributed by atoms with Crippen molar-refractivity contribution in [2.75, 3.05) is 0 Å². The highest BCUT2D eigenvalue weighted by Gasteiger charge is 2.10. The summed E-state index contributed by atoms with van der Waals surface area (Å²) in [4.78, 5) is 12.0. The molecule has 4 heteroatoms. The molecule has 0 aliphatic rings. The topological polar surface area (TPSA) is 39.4 Å². The van der Waals surface area contributed by atoms with Crippen molar-refractivity contribution in [1.29, 1.82) is 0 Å². The zero-order valence-electron chi connectivity index (χ0n) is 12.4. The van der Waals surface area contributed by atoms with Crippen LogP contribution in [0.5, 0.6) is 5.75 Å². The smallest absolute Gasteiger partial charge is 0.342 e. The summed E-state index contributed by atoms with van der Waals surface area (Å²) in [7, 11) is 0. The Bertz CT molecular complexity index is 873. The number of para-hydroxylation sites is 1. The largest absolute Gasteiger partial charge is 0.487 e. The van der Waals surface area contributed by atoms with Crippen LogP contribution in [0.15, 0.2) is 56.1 Å².